The summed E-state index contributed by atoms with van der Waals surface area (Å²) in [6.45, 7) is 0. The van der Waals surface area contributed by atoms with Crippen LogP contribution in [0.3, 0.4) is 0 Å². The van der Waals surface area contributed by atoms with Gasteiger partial charge in [-0.05, 0) is 42.0 Å². The first-order valence-corrected chi connectivity index (χ1v) is 5.97. The molecule has 0 saturated heterocycles. The van der Waals surface area contributed by atoms with Gasteiger partial charge in [-0.1, -0.05) is 0 Å². The van der Waals surface area contributed by atoms with E-state index in [9.17, 15) is 22.4 Å². The van der Waals surface area contributed by atoms with E-state index >= 15 is 0 Å². The SMILES string of the molecule is O=C(O)Cc1cc(F)nc(-c2ccc(OC(F)(F)F)cc2)c1. The Labute approximate surface area is 122 Å². The lowest BCUT2D eigenvalue weighted by atomic mass is 10.1. The lowest BCUT2D eigenvalue weighted by molar-refractivity contribution is -0.274. The van der Waals surface area contributed by atoms with Crippen molar-refractivity contribution in [1.82, 2.24) is 4.98 Å². The van der Waals surface area contributed by atoms with Gasteiger partial charge in [-0.2, -0.15) is 4.39 Å². The number of carboxylic acid groups (broad SMARTS) is 1. The molecular weight excluding hydrogens is 306 g/mol. The van der Waals surface area contributed by atoms with E-state index in [0.717, 1.165) is 18.2 Å². The molecule has 116 valence electrons. The summed E-state index contributed by atoms with van der Waals surface area (Å²) in [5.41, 5.74) is 0.654. The van der Waals surface area contributed by atoms with Crippen LogP contribution in [0.5, 0.6) is 5.75 Å². The predicted octanol–water partition coefficient (Wildman–Crippen LogP) is 3.41. The number of carboxylic acids is 1. The van der Waals surface area contributed by atoms with Gasteiger partial charge in [0.2, 0.25) is 5.95 Å². The highest BCUT2D eigenvalue weighted by Gasteiger charge is 2.30. The van der Waals surface area contributed by atoms with E-state index in [1.165, 1.54) is 18.2 Å². The average molecular weight is 315 g/mol. The Kier molecular flexibility index (Phi) is 4.30. The van der Waals surface area contributed by atoms with Crippen LogP contribution in [-0.2, 0) is 11.2 Å². The summed E-state index contributed by atoms with van der Waals surface area (Å²) < 4.78 is 53.3. The highest BCUT2D eigenvalue weighted by molar-refractivity contribution is 5.71. The minimum absolute atomic E-state index is 0.120. The van der Waals surface area contributed by atoms with Crippen molar-refractivity contribution in [3.05, 3.63) is 47.9 Å². The van der Waals surface area contributed by atoms with Crippen LogP contribution in [0.25, 0.3) is 11.3 Å². The molecule has 0 radical (unpaired) electrons. The number of aliphatic carboxylic acids is 1. The zero-order chi connectivity index (χ0) is 16.3. The molecule has 0 aliphatic carbocycles. The van der Waals surface area contributed by atoms with Gasteiger partial charge in [-0.15, -0.1) is 13.2 Å². The number of pyridine rings is 1. The number of hydrogen-bond donors (Lipinski definition) is 1. The summed E-state index contributed by atoms with van der Waals surface area (Å²) >= 11 is 0. The van der Waals surface area contributed by atoms with E-state index in [0.29, 0.717) is 5.56 Å². The van der Waals surface area contributed by atoms with Crippen molar-refractivity contribution >= 4 is 5.97 Å². The third-order valence-electron chi connectivity index (χ3n) is 2.59. The van der Waals surface area contributed by atoms with E-state index in [1.807, 2.05) is 0 Å². The van der Waals surface area contributed by atoms with Crippen LogP contribution in [0.4, 0.5) is 17.6 Å². The molecule has 0 saturated carbocycles. The summed E-state index contributed by atoms with van der Waals surface area (Å²) in [5, 5.41) is 8.70. The van der Waals surface area contributed by atoms with Crippen LogP contribution < -0.4 is 4.74 Å². The Morgan fingerprint density at radius 3 is 2.36 bits per heavy atom. The van der Waals surface area contributed by atoms with E-state index in [4.69, 9.17) is 5.11 Å². The quantitative estimate of drug-likeness (QED) is 0.694. The summed E-state index contributed by atoms with van der Waals surface area (Å²) in [6, 6.07) is 7.01. The maximum atomic E-state index is 13.4. The molecule has 2 rings (SSSR count). The zero-order valence-electron chi connectivity index (χ0n) is 10.9. The fraction of sp³-hybridized carbons (Fsp3) is 0.143. The highest BCUT2D eigenvalue weighted by atomic mass is 19.4. The first-order valence-electron chi connectivity index (χ1n) is 5.97. The van der Waals surface area contributed by atoms with Gasteiger partial charge in [0, 0.05) is 5.56 Å². The van der Waals surface area contributed by atoms with Crippen LogP contribution in [0.2, 0.25) is 0 Å². The number of alkyl halides is 3. The molecule has 0 atom stereocenters. The van der Waals surface area contributed by atoms with Gasteiger partial charge in [0.1, 0.15) is 5.75 Å². The molecule has 4 nitrogen and oxygen atoms in total. The minimum Gasteiger partial charge on any atom is -0.481 e. The molecule has 22 heavy (non-hydrogen) atoms. The topological polar surface area (TPSA) is 59.4 Å². The molecular formula is C14H9F4NO3. The number of rotatable bonds is 4. The molecule has 0 spiro atoms. The Morgan fingerprint density at radius 2 is 1.82 bits per heavy atom. The van der Waals surface area contributed by atoms with E-state index in [-0.39, 0.29) is 17.7 Å². The predicted molar refractivity (Wildman–Crippen MR) is 67.7 cm³/mol. The summed E-state index contributed by atoms with van der Waals surface area (Å²) in [6.07, 6.45) is -5.19. The molecule has 1 aromatic heterocycles. The standard InChI is InChI=1S/C14H9F4NO3/c15-12-6-8(7-13(20)21)5-11(19-12)9-1-3-10(4-2-9)22-14(16,17)18/h1-6H,7H2,(H,20,21). The molecule has 0 unspecified atom stereocenters. The van der Waals surface area contributed by atoms with Crippen LogP contribution in [0, 0.1) is 5.95 Å². The van der Waals surface area contributed by atoms with Gasteiger partial charge >= 0.3 is 12.3 Å². The normalized spacial score (nSPS) is 11.3. The third-order valence-corrected chi connectivity index (χ3v) is 2.59. The summed E-state index contributed by atoms with van der Waals surface area (Å²) in [5.74, 6) is -2.42. The molecule has 1 heterocycles. The Morgan fingerprint density at radius 1 is 1.18 bits per heavy atom. The second-order valence-corrected chi connectivity index (χ2v) is 4.33. The number of benzene rings is 1. The first kappa shape index (κ1) is 15.7. The monoisotopic (exact) mass is 315 g/mol. The van der Waals surface area contributed by atoms with Crippen LogP contribution in [-0.4, -0.2) is 22.4 Å². The van der Waals surface area contributed by atoms with Gasteiger partial charge in [-0.3, -0.25) is 4.79 Å². The lowest BCUT2D eigenvalue weighted by Gasteiger charge is -2.09. The van der Waals surface area contributed by atoms with Crippen molar-refractivity contribution in [3.8, 4) is 17.0 Å². The van der Waals surface area contributed by atoms with Gasteiger partial charge in [0.05, 0.1) is 12.1 Å². The number of halogens is 4. The molecule has 1 N–H and O–H groups in total. The molecule has 2 aromatic rings. The van der Waals surface area contributed by atoms with Crippen LogP contribution >= 0.6 is 0 Å². The fourth-order valence-corrected chi connectivity index (χ4v) is 1.80. The number of aromatic nitrogens is 1. The molecule has 0 fully saturated rings. The Bertz CT molecular complexity index is 683. The number of carbonyl (C=O) groups is 1. The second kappa shape index (κ2) is 6.00. The van der Waals surface area contributed by atoms with E-state index in [2.05, 4.69) is 9.72 Å². The number of ether oxygens (including phenoxy) is 1. The smallest absolute Gasteiger partial charge is 0.481 e. The van der Waals surface area contributed by atoms with Crippen molar-refractivity contribution in [3.63, 3.8) is 0 Å². The maximum absolute atomic E-state index is 13.4. The molecule has 0 aliphatic heterocycles. The highest BCUT2D eigenvalue weighted by Crippen LogP contribution is 2.26. The van der Waals surface area contributed by atoms with Gasteiger partial charge in [0.15, 0.2) is 0 Å². The lowest BCUT2D eigenvalue weighted by Crippen LogP contribution is -2.16. The fourth-order valence-electron chi connectivity index (χ4n) is 1.80. The number of hydrogen-bond acceptors (Lipinski definition) is 3. The third kappa shape index (κ3) is 4.44. The number of nitrogens with zero attached hydrogens (tertiary/aromatic N) is 1. The molecule has 8 heteroatoms. The van der Waals surface area contributed by atoms with Crippen molar-refractivity contribution in [2.75, 3.05) is 0 Å². The molecule has 0 amide bonds. The average Bonchev–Trinajstić information content (AvgIpc) is 2.36. The van der Waals surface area contributed by atoms with Gasteiger partial charge < -0.3 is 9.84 Å². The van der Waals surface area contributed by atoms with E-state index < -0.39 is 24.0 Å². The van der Waals surface area contributed by atoms with Crippen LogP contribution in [0.1, 0.15) is 5.56 Å². The molecule has 0 bridgehead atoms. The van der Waals surface area contributed by atoms with Crippen molar-refractivity contribution in [2.45, 2.75) is 12.8 Å². The maximum Gasteiger partial charge on any atom is 0.573 e. The molecule has 1 aromatic carbocycles. The first-order chi connectivity index (χ1) is 10.2. The zero-order valence-corrected chi connectivity index (χ0v) is 10.9. The Balaban J connectivity index is 2.28. The minimum atomic E-state index is -4.80. The van der Waals surface area contributed by atoms with Crippen molar-refractivity contribution in [1.29, 1.82) is 0 Å². The van der Waals surface area contributed by atoms with Gasteiger partial charge in [0.25, 0.3) is 0 Å². The van der Waals surface area contributed by atoms with Crippen LogP contribution in [0.15, 0.2) is 36.4 Å². The summed E-state index contributed by atoms with van der Waals surface area (Å²) in [7, 11) is 0. The largest absolute Gasteiger partial charge is 0.573 e. The van der Waals surface area contributed by atoms with Gasteiger partial charge in [-0.25, -0.2) is 4.98 Å². The van der Waals surface area contributed by atoms with E-state index in [1.54, 1.807) is 0 Å². The molecule has 0 aliphatic rings. The van der Waals surface area contributed by atoms with Crippen molar-refractivity contribution in [2.24, 2.45) is 0 Å². The van der Waals surface area contributed by atoms with Crippen molar-refractivity contribution < 1.29 is 32.2 Å². The Hall–Kier alpha value is -2.64. The summed E-state index contributed by atoms with van der Waals surface area (Å²) in [4.78, 5) is 14.2. The second-order valence-electron chi connectivity index (χ2n) is 4.33.